The van der Waals surface area contributed by atoms with Crippen molar-refractivity contribution in [3.8, 4) is 22.3 Å². The number of benzene rings is 4. The van der Waals surface area contributed by atoms with Gasteiger partial charge in [-0.1, -0.05) is 103 Å². The minimum absolute atomic E-state index is 0.640. The van der Waals surface area contributed by atoms with E-state index in [1.54, 1.807) is 0 Å². The summed E-state index contributed by atoms with van der Waals surface area (Å²) in [5.41, 5.74) is 7.96. The lowest BCUT2D eigenvalue weighted by Crippen LogP contribution is -1.97. The van der Waals surface area contributed by atoms with Crippen molar-refractivity contribution in [3.05, 3.63) is 115 Å². The Morgan fingerprint density at radius 2 is 1.26 bits per heavy atom. The van der Waals surface area contributed by atoms with Crippen LogP contribution < -0.4 is 0 Å². The van der Waals surface area contributed by atoms with Gasteiger partial charge in [0.1, 0.15) is 0 Å². The largest absolute Gasteiger partial charge is 0.326 e. The number of aliphatic imine (C=N–C) groups is 1. The van der Waals surface area contributed by atoms with Crippen molar-refractivity contribution >= 4 is 17.2 Å². The summed E-state index contributed by atoms with van der Waals surface area (Å²) in [4.78, 5) is 9.68. The third-order valence-corrected chi connectivity index (χ3v) is 5.55. The van der Waals surface area contributed by atoms with E-state index in [1.807, 2.05) is 36.5 Å². The van der Waals surface area contributed by atoms with Crippen LogP contribution in [0.25, 0.3) is 33.3 Å². The summed E-state index contributed by atoms with van der Waals surface area (Å²) in [7, 11) is 2.07. The number of fused-ring (bicyclic) bond motifs is 1. The Kier molecular flexibility index (Phi) is 5.16. The lowest BCUT2D eigenvalue weighted by molar-refractivity contribution is 0.930. The molecule has 0 aliphatic heterocycles. The lowest BCUT2D eigenvalue weighted by atomic mass is 9.98. The van der Waals surface area contributed by atoms with Gasteiger partial charge in [-0.05, 0) is 16.7 Å². The highest BCUT2D eigenvalue weighted by atomic mass is 15.1. The first-order chi connectivity index (χ1) is 15.3. The lowest BCUT2D eigenvalue weighted by Gasteiger charge is -2.09. The van der Waals surface area contributed by atoms with E-state index in [-0.39, 0.29) is 0 Å². The second-order valence-electron chi connectivity index (χ2n) is 7.57. The molecule has 0 saturated heterocycles. The summed E-state index contributed by atoms with van der Waals surface area (Å²) in [6.45, 7) is 0.640. The molecule has 0 radical (unpaired) electrons. The molecular weight excluding hydrogens is 378 g/mol. The van der Waals surface area contributed by atoms with Gasteiger partial charge in [0.25, 0.3) is 0 Å². The van der Waals surface area contributed by atoms with Gasteiger partial charge in [-0.2, -0.15) is 0 Å². The molecule has 5 aromatic rings. The zero-order valence-corrected chi connectivity index (χ0v) is 17.4. The second-order valence-corrected chi connectivity index (χ2v) is 7.57. The highest BCUT2D eigenvalue weighted by molar-refractivity contribution is 6.03. The van der Waals surface area contributed by atoms with Gasteiger partial charge in [-0.15, -0.1) is 0 Å². The Bertz CT molecular complexity index is 1340. The molecule has 0 spiro atoms. The molecule has 0 saturated carbocycles. The van der Waals surface area contributed by atoms with E-state index in [2.05, 4.69) is 89.4 Å². The average molecular weight is 402 g/mol. The Balaban J connectivity index is 1.65. The Hall–Kier alpha value is -3.98. The number of nitrogens with zero attached hydrogens (tertiary/aromatic N) is 3. The van der Waals surface area contributed by atoms with E-state index >= 15 is 0 Å². The molecule has 31 heavy (non-hydrogen) atoms. The fourth-order valence-electron chi connectivity index (χ4n) is 3.97. The Labute approximate surface area is 182 Å². The van der Waals surface area contributed by atoms with Crippen molar-refractivity contribution in [2.75, 3.05) is 0 Å². The van der Waals surface area contributed by atoms with E-state index in [0.29, 0.717) is 6.54 Å². The number of hydrogen-bond donors (Lipinski definition) is 0. The van der Waals surface area contributed by atoms with Gasteiger partial charge >= 0.3 is 0 Å². The third-order valence-electron chi connectivity index (χ3n) is 5.55. The van der Waals surface area contributed by atoms with Crippen molar-refractivity contribution < 1.29 is 0 Å². The summed E-state index contributed by atoms with van der Waals surface area (Å²) in [6.07, 6.45) is 1.89. The van der Waals surface area contributed by atoms with Crippen molar-refractivity contribution in [1.82, 2.24) is 9.55 Å². The van der Waals surface area contributed by atoms with Crippen molar-refractivity contribution in [1.29, 1.82) is 0 Å². The molecule has 1 heterocycles. The molecule has 4 aromatic carbocycles. The molecule has 0 aliphatic rings. The fraction of sp³-hybridized carbons (Fsp3) is 0.0714. The van der Waals surface area contributed by atoms with Crippen molar-refractivity contribution in [2.45, 2.75) is 6.54 Å². The first-order valence-electron chi connectivity index (χ1n) is 10.5. The highest BCUT2D eigenvalue weighted by Crippen LogP contribution is 2.35. The van der Waals surface area contributed by atoms with E-state index < -0.39 is 0 Å². The molecule has 0 atom stereocenters. The van der Waals surface area contributed by atoms with Gasteiger partial charge < -0.3 is 4.57 Å². The zero-order chi connectivity index (χ0) is 21.0. The standard InChI is InChI=1S/C28H23N3/c1-31-26(20-29-19-21-11-5-2-6-12-21)30-27-24(22-13-7-3-8-14-22)17-18-25(28(27)31)23-15-9-4-10-16-23/h2-18,20H,19H2,1H3. The maximum atomic E-state index is 5.02. The van der Waals surface area contributed by atoms with Gasteiger partial charge in [0.2, 0.25) is 0 Å². The normalized spacial score (nSPS) is 11.4. The van der Waals surface area contributed by atoms with E-state index in [9.17, 15) is 0 Å². The quantitative estimate of drug-likeness (QED) is 0.308. The first kappa shape index (κ1) is 19.0. The third kappa shape index (κ3) is 3.78. The monoisotopic (exact) mass is 401 g/mol. The van der Waals surface area contributed by atoms with Crippen LogP contribution in [0.3, 0.4) is 0 Å². The minimum Gasteiger partial charge on any atom is -0.326 e. The molecule has 0 N–H and O–H groups in total. The molecule has 0 bridgehead atoms. The van der Waals surface area contributed by atoms with Crippen molar-refractivity contribution in [3.63, 3.8) is 0 Å². The zero-order valence-electron chi connectivity index (χ0n) is 17.4. The molecule has 5 rings (SSSR count). The van der Waals surface area contributed by atoms with E-state index in [1.165, 1.54) is 16.7 Å². The summed E-state index contributed by atoms with van der Waals surface area (Å²) < 4.78 is 2.15. The van der Waals surface area contributed by atoms with Gasteiger partial charge in [0, 0.05) is 18.2 Å². The Morgan fingerprint density at radius 3 is 1.90 bits per heavy atom. The molecule has 0 unspecified atom stereocenters. The maximum Gasteiger partial charge on any atom is 0.151 e. The molecule has 150 valence electrons. The van der Waals surface area contributed by atoms with Crippen LogP contribution in [0.2, 0.25) is 0 Å². The number of aryl methyl sites for hydroxylation is 1. The van der Waals surface area contributed by atoms with E-state index in [0.717, 1.165) is 28.0 Å². The smallest absolute Gasteiger partial charge is 0.151 e. The highest BCUT2D eigenvalue weighted by Gasteiger charge is 2.16. The molecule has 1 aromatic heterocycles. The van der Waals surface area contributed by atoms with Gasteiger partial charge in [0.05, 0.1) is 23.8 Å². The summed E-state index contributed by atoms with van der Waals surface area (Å²) >= 11 is 0. The molecular formula is C28H23N3. The van der Waals surface area contributed by atoms with Gasteiger partial charge in [-0.3, -0.25) is 4.99 Å². The van der Waals surface area contributed by atoms with Gasteiger partial charge in [-0.25, -0.2) is 4.98 Å². The van der Waals surface area contributed by atoms with Gasteiger partial charge in [0.15, 0.2) is 5.82 Å². The number of imidazole rings is 1. The molecule has 0 amide bonds. The molecule has 0 aliphatic carbocycles. The summed E-state index contributed by atoms with van der Waals surface area (Å²) in [6, 6.07) is 35.6. The molecule has 3 nitrogen and oxygen atoms in total. The van der Waals surface area contributed by atoms with Crippen LogP contribution >= 0.6 is 0 Å². The predicted molar refractivity (Wildman–Crippen MR) is 129 cm³/mol. The topological polar surface area (TPSA) is 30.2 Å². The van der Waals surface area contributed by atoms with Crippen LogP contribution in [0.5, 0.6) is 0 Å². The number of rotatable bonds is 5. The number of aromatic nitrogens is 2. The SMILES string of the molecule is Cn1c(C=NCc2ccccc2)nc2c(-c3ccccc3)ccc(-c3ccccc3)c21. The van der Waals surface area contributed by atoms with Crippen LogP contribution in [0.15, 0.2) is 108 Å². The van der Waals surface area contributed by atoms with Crippen LogP contribution in [0, 0.1) is 0 Å². The van der Waals surface area contributed by atoms with Crippen LogP contribution in [0.4, 0.5) is 0 Å². The maximum absolute atomic E-state index is 5.02. The number of hydrogen-bond acceptors (Lipinski definition) is 2. The second kappa shape index (κ2) is 8.41. The first-order valence-corrected chi connectivity index (χ1v) is 10.5. The van der Waals surface area contributed by atoms with E-state index in [4.69, 9.17) is 4.98 Å². The molecule has 3 heteroatoms. The van der Waals surface area contributed by atoms with Crippen LogP contribution in [-0.4, -0.2) is 15.8 Å². The fourth-order valence-corrected chi connectivity index (χ4v) is 3.97. The summed E-state index contributed by atoms with van der Waals surface area (Å²) in [5, 5.41) is 0. The predicted octanol–water partition coefficient (Wildman–Crippen LogP) is 6.53. The van der Waals surface area contributed by atoms with Crippen LogP contribution in [0.1, 0.15) is 11.4 Å². The molecule has 0 fully saturated rings. The summed E-state index contributed by atoms with van der Waals surface area (Å²) in [5.74, 6) is 0.853. The minimum atomic E-state index is 0.640. The van der Waals surface area contributed by atoms with Crippen LogP contribution in [-0.2, 0) is 13.6 Å². The average Bonchev–Trinajstić information content (AvgIpc) is 3.17. The Morgan fingerprint density at radius 1 is 0.710 bits per heavy atom. The van der Waals surface area contributed by atoms with Crippen molar-refractivity contribution in [2.24, 2.45) is 12.0 Å².